The van der Waals surface area contributed by atoms with E-state index < -0.39 is 0 Å². The predicted octanol–water partition coefficient (Wildman–Crippen LogP) is 3.39. The third-order valence-electron chi connectivity index (χ3n) is 3.47. The SMILES string of the molecule is CC(C)c1nc2cc(C(C)CC=O)ccc2n1C. The van der Waals surface area contributed by atoms with E-state index in [0.29, 0.717) is 12.3 Å². The number of aryl methyl sites for hydroxylation is 1. The molecule has 0 N–H and O–H groups in total. The molecule has 1 heterocycles. The molecule has 3 heteroatoms. The monoisotopic (exact) mass is 244 g/mol. The van der Waals surface area contributed by atoms with E-state index in [4.69, 9.17) is 0 Å². The van der Waals surface area contributed by atoms with Gasteiger partial charge in [0.1, 0.15) is 12.1 Å². The number of aldehydes is 1. The van der Waals surface area contributed by atoms with Crippen LogP contribution in [0, 0.1) is 0 Å². The Hall–Kier alpha value is -1.64. The van der Waals surface area contributed by atoms with Crippen molar-refractivity contribution in [1.29, 1.82) is 0 Å². The molecule has 3 nitrogen and oxygen atoms in total. The Labute approximate surface area is 108 Å². The van der Waals surface area contributed by atoms with Crippen LogP contribution in [-0.4, -0.2) is 15.8 Å². The predicted molar refractivity (Wildman–Crippen MR) is 73.9 cm³/mol. The van der Waals surface area contributed by atoms with Crippen LogP contribution in [0.5, 0.6) is 0 Å². The van der Waals surface area contributed by atoms with Gasteiger partial charge in [0, 0.05) is 19.4 Å². The molecule has 0 aliphatic heterocycles. The molecule has 2 aromatic rings. The van der Waals surface area contributed by atoms with Gasteiger partial charge in [0.15, 0.2) is 0 Å². The van der Waals surface area contributed by atoms with Gasteiger partial charge in [-0.2, -0.15) is 0 Å². The first kappa shape index (κ1) is 12.8. The Balaban J connectivity index is 2.49. The van der Waals surface area contributed by atoms with E-state index in [0.717, 1.165) is 23.1 Å². The molecule has 0 radical (unpaired) electrons. The summed E-state index contributed by atoms with van der Waals surface area (Å²) in [5, 5.41) is 0. The van der Waals surface area contributed by atoms with Crippen LogP contribution in [0.4, 0.5) is 0 Å². The number of carbonyl (C=O) groups is 1. The van der Waals surface area contributed by atoms with Gasteiger partial charge >= 0.3 is 0 Å². The second kappa shape index (κ2) is 4.92. The highest BCUT2D eigenvalue weighted by Gasteiger charge is 2.12. The maximum absolute atomic E-state index is 10.6. The lowest BCUT2D eigenvalue weighted by molar-refractivity contribution is -0.108. The van der Waals surface area contributed by atoms with Gasteiger partial charge in [0.2, 0.25) is 0 Å². The smallest absolute Gasteiger partial charge is 0.120 e. The molecule has 1 aromatic carbocycles. The van der Waals surface area contributed by atoms with Gasteiger partial charge in [-0.3, -0.25) is 0 Å². The molecular weight excluding hydrogens is 224 g/mol. The van der Waals surface area contributed by atoms with Crippen LogP contribution in [0.25, 0.3) is 11.0 Å². The summed E-state index contributed by atoms with van der Waals surface area (Å²) in [4.78, 5) is 15.3. The number of rotatable bonds is 4. The first-order chi connectivity index (χ1) is 8.54. The third-order valence-corrected chi connectivity index (χ3v) is 3.47. The van der Waals surface area contributed by atoms with E-state index in [2.05, 4.69) is 55.6 Å². The molecule has 96 valence electrons. The Morgan fingerprint density at radius 2 is 2.06 bits per heavy atom. The molecule has 1 unspecified atom stereocenters. The zero-order valence-corrected chi connectivity index (χ0v) is 11.5. The van der Waals surface area contributed by atoms with Gasteiger partial charge in [0.05, 0.1) is 11.0 Å². The minimum absolute atomic E-state index is 0.261. The minimum atomic E-state index is 0.261. The number of imidazole rings is 1. The third kappa shape index (κ3) is 2.17. The van der Waals surface area contributed by atoms with Crippen LogP contribution in [-0.2, 0) is 11.8 Å². The summed E-state index contributed by atoms with van der Waals surface area (Å²) in [5.74, 6) is 1.78. The fourth-order valence-corrected chi connectivity index (χ4v) is 2.34. The lowest BCUT2D eigenvalue weighted by Crippen LogP contribution is -1.99. The number of nitrogens with zero attached hydrogens (tertiary/aromatic N) is 2. The molecule has 0 spiro atoms. The highest BCUT2D eigenvalue weighted by molar-refractivity contribution is 5.77. The van der Waals surface area contributed by atoms with Gasteiger partial charge in [-0.1, -0.05) is 26.8 Å². The molecule has 0 fully saturated rings. The molecule has 1 atom stereocenters. The van der Waals surface area contributed by atoms with Crippen molar-refractivity contribution in [2.24, 2.45) is 7.05 Å². The number of hydrogen-bond donors (Lipinski definition) is 0. The number of fused-ring (bicyclic) bond motifs is 1. The van der Waals surface area contributed by atoms with Crippen LogP contribution in [0.15, 0.2) is 18.2 Å². The van der Waals surface area contributed by atoms with Gasteiger partial charge in [-0.25, -0.2) is 4.98 Å². The fourth-order valence-electron chi connectivity index (χ4n) is 2.34. The van der Waals surface area contributed by atoms with Crippen molar-refractivity contribution in [3.05, 3.63) is 29.6 Å². The average Bonchev–Trinajstić information content (AvgIpc) is 2.67. The molecule has 0 saturated carbocycles. The van der Waals surface area contributed by atoms with Gasteiger partial charge < -0.3 is 9.36 Å². The minimum Gasteiger partial charge on any atom is -0.331 e. The Morgan fingerprint density at radius 3 is 2.67 bits per heavy atom. The molecule has 18 heavy (non-hydrogen) atoms. The van der Waals surface area contributed by atoms with Crippen molar-refractivity contribution < 1.29 is 4.79 Å². The normalized spacial score (nSPS) is 13.2. The highest BCUT2D eigenvalue weighted by Crippen LogP contribution is 2.25. The van der Waals surface area contributed by atoms with Crippen molar-refractivity contribution in [3.63, 3.8) is 0 Å². The lowest BCUT2D eigenvalue weighted by atomic mass is 9.98. The molecule has 0 aliphatic carbocycles. The zero-order valence-electron chi connectivity index (χ0n) is 11.5. The Kier molecular flexibility index (Phi) is 3.50. The first-order valence-corrected chi connectivity index (χ1v) is 6.44. The van der Waals surface area contributed by atoms with Crippen molar-refractivity contribution in [2.45, 2.75) is 39.0 Å². The largest absolute Gasteiger partial charge is 0.331 e. The zero-order chi connectivity index (χ0) is 13.3. The second-order valence-corrected chi connectivity index (χ2v) is 5.24. The molecular formula is C15H20N2O. The van der Waals surface area contributed by atoms with Crippen LogP contribution < -0.4 is 0 Å². The molecule has 0 bridgehead atoms. The van der Waals surface area contributed by atoms with Crippen molar-refractivity contribution in [2.75, 3.05) is 0 Å². The molecule has 1 aromatic heterocycles. The van der Waals surface area contributed by atoms with Gasteiger partial charge in [0.25, 0.3) is 0 Å². The molecule has 2 rings (SSSR count). The Bertz CT molecular complexity index is 569. The van der Waals surface area contributed by atoms with E-state index in [9.17, 15) is 4.79 Å². The quantitative estimate of drug-likeness (QED) is 0.773. The molecule has 0 saturated heterocycles. The number of benzene rings is 1. The standard InChI is InChI=1S/C15H20N2O/c1-10(2)15-16-13-9-12(11(3)7-8-18)5-6-14(13)17(15)4/h5-6,8-11H,7H2,1-4H3. The number of aromatic nitrogens is 2. The first-order valence-electron chi connectivity index (χ1n) is 6.44. The molecule has 0 aliphatic rings. The Morgan fingerprint density at radius 1 is 1.33 bits per heavy atom. The van der Waals surface area contributed by atoms with Gasteiger partial charge in [-0.05, 0) is 23.6 Å². The van der Waals surface area contributed by atoms with E-state index in [-0.39, 0.29) is 5.92 Å². The summed E-state index contributed by atoms with van der Waals surface area (Å²) in [6.07, 6.45) is 1.54. The van der Waals surface area contributed by atoms with Gasteiger partial charge in [-0.15, -0.1) is 0 Å². The molecule has 0 amide bonds. The summed E-state index contributed by atoms with van der Waals surface area (Å²) >= 11 is 0. The second-order valence-electron chi connectivity index (χ2n) is 5.24. The van der Waals surface area contributed by atoms with Crippen molar-refractivity contribution in [1.82, 2.24) is 9.55 Å². The number of carbonyl (C=O) groups excluding carboxylic acids is 1. The summed E-state index contributed by atoms with van der Waals surface area (Å²) in [7, 11) is 2.05. The van der Waals surface area contributed by atoms with Crippen LogP contribution in [0.1, 0.15) is 50.4 Å². The van der Waals surface area contributed by atoms with E-state index >= 15 is 0 Å². The summed E-state index contributed by atoms with van der Waals surface area (Å²) in [6.45, 7) is 6.37. The van der Waals surface area contributed by atoms with Crippen LogP contribution >= 0.6 is 0 Å². The average molecular weight is 244 g/mol. The van der Waals surface area contributed by atoms with Crippen LogP contribution in [0.3, 0.4) is 0 Å². The van der Waals surface area contributed by atoms with E-state index in [1.54, 1.807) is 0 Å². The van der Waals surface area contributed by atoms with Crippen molar-refractivity contribution in [3.8, 4) is 0 Å². The fraction of sp³-hybridized carbons (Fsp3) is 0.467. The maximum atomic E-state index is 10.6. The van der Waals surface area contributed by atoms with E-state index in [1.807, 2.05) is 0 Å². The van der Waals surface area contributed by atoms with Crippen LogP contribution in [0.2, 0.25) is 0 Å². The highest BCUT2D eigenvalue weighted by atomic mass is 16.1. The van der Waals surface area contributed by atoms with E-state index in [1.165, 1.54) is 5.56 Å². The summed E-state index contributed by atoms with van der Waals surface area (Å²) < 4.78 is 2.15. The van der Waals surface area contributed by atoms with Crippen molar-refractivity contribution >= 4 is 17.3 Å². The topological polar surface area (TPSA) is 34.9 Å². The maximum Gasteiger partial charge on any atom is 0.120 e. The summed E-state index contributed by atoms with van der Waals surface area (Å²) in [5.41, 5.74) is 3.36. The summed E-state index contributed by atoms with van der Waals surface area (Å²) in [6, 6.07) is 6.31. The number of hydrogen-bond acceptors (Lipinski definition) is 2. The lowest BCUT2D eigenvalue weighted by Gasteiger charge is -2.08.